The number of rotatable bonds is 4. The zero-order valence-electron chi connectivity index (χ0n) is 15.9. The van der Waals surface area contributed by atoms with E-state index in [1.807, 2.05) is 12.2 Å². The summed E-state index contributed by atoms with van der Waals surface area (Å²) in [5.41, 5.74) is 4.78. The Bertz CT molecular complexity index is 775. The second kappa shape index (κ2) is 6.40. The molecule has 4 atom stereocenters. The highest BCUT2D eigenvalue weighted by Crippen LogP contribution is 2.60. The van der Waals surface area contributed by atoms with E-state index in [0.29, 0.717) is 35.7 Å². The van der Waals surface area contributed by atoms with Crippen LogP contribution in [0.1, 0.15) is 67.2 Å². The number of hydrogen-bond donors (Lipinski definition) is 1. The Hall–Kier alpha value is -1.83. The summed E-state index contributed by atoms with van der Waals surface area (Å²) in [6.07, 6.45) is 11.3. The third-order valence-electron chi connectivity index (χ3n) is 7.62. The zero-order chi connectivity index (χ0) is 18.5. The van der Waals surface area contributed by atoms with Crippen LogP contribution < -0.4 is 0 Å². The van der Waals surface area contributed by atoms with Gasteiger partial charge < -0.3 is 5.11 Å². The minimum Gasteiger partial charge on any atom is -0.507 e. The van der Waals surface area contributed by atoms with Crippen molar-refractivity contribution >= 4 is 5.78 Å². The maximum atomic E-state index is 12.5. The molecular formula is C24H30O2. The first-order valence-electron chi connectivity index (χ1n) is 10.1. The number of hydrogen-bond acceptors (Lipinski definition) is 2. The largest absolute Gasteiger partial charge is 0.507 e. The molecule has 2 nitrogen and oxygen atoms in total. The molecule has 0 unspecified atom stereocenters. The van der Waals surface area contributed by atoms with Crippen LogP contribution >= 0.6 is 0 Å². The van der Waals surface area contributed by atoms with E-state index in [2.05, 4.69) is 26.1 Å². The summed E-state index contributed by atoms with van der Waals surface area (Å²) in [6.45, 7) is 9.98. The molecule has 2 saturated carbocycles. The Morgan fingerprint density at radius 1 is 1.19 bits per heavy atom. The number of allylic oxidation sites excluding steroid dienone is 2. The lowest BCUT2D eigenvalue weighted by Crippen LogP contribution is -2.42. The minimum absolute atomic E-state index is 0.0799. The zero-order valence-corrected chi connectivity index (χ0v) is 15.9. The monoisotopic (exact) mass is 350 g/mol. The predicted molar refractivity (Wildman–Crippen MR) is 106 cm³/mol. The SMILES string of the molecule is C=CCc1cc2c(c(CC=C)c1O)CC[C@@H]1[C@@H]2CC[C@]2(C)C(=O)CC[C@@H]12. The highest BCUT2D eigenvalue weighted by atomic mass is 16.3. The van der Waals surface area contributed by atoms with Gasteiger partial charge in [0.2, 0.25) is 0 Å². The maximum absolute atomic E-state index is 12.5. The Morgan fingerprint density at radius 3 is 2.69 bits per heavy atom. The number of phenolic OH excluding ortho intramolecular Hbond substituents is 1. The van der Waals surface area contributed by atoms with Crippen LogP contribution in [0.3, 0.4) is 0 Å². The quantitative estimate of drug-likeness (QED) is 0.751. The lowest BCUT2D eigenvalue weighted by Gasteiger charge is -2.48. The van der Waals surface area contributed by atoms with Crippen LogP contribution in [0, 0.1) is 17.3 Å². The summed E-state index contributed by atoms with van der Waals surface area (Å²) < 4.78 is 0. The number of Topliss-reactive ketones (excluding diaryl/α,β-unsaturated/α-hetero) is 1. The molecule has 0 aliphatic heterocycles. The van der Waals surface area contributed by atoms with E-state index < -0.39 is 0 Å². The van der Waals surface area contributed by atoms with Crippen LogP contribution in [-0.4, -0.2) is 10.9 Å². The summed E-state index contributed by atoms with van der Waals surface area (Å²) in [7, 11) is 0. The predicted octanol–water partition coefficient (Wildman–Crippen LogP) is 5.27. The summed E-state index contributed by atoms with van der Waals surface area (Å²) in [5.74, 6) is 2.64. The Morgan fingerprint density at radius 2 is 1.96 bits per heavy atom. The van der Waals surface area contributed by atoms with Gasteiger partial charge in [-0.3, -0.25) is 4.79 Å². The second-order valence-corrected chi connectivity index (χ2v) is 8.75. The van der Waals surface area contributed by atoms with E-state index in [9.17, 15) is 9.90 Å². The molecule has 0 spiro atoms. The lowest BCUT2D eigenvalue weighted by molar-refractivity contribution is -0.129. The minimum atomic E-state index is -0.0799. The van der Waals surface area contributed by atoms with Crippen molar-refractivity contribution in [3.63, 3.8) is 0 Å². The normalized spacial score (nSPS) is 32.5. The first-order valence-corrected chi connectivity index (χ1v) is 10.1. The average molecular weight is 351 g/mol. The van der Waals surface area contributed by atoms with Crippen molar-refractivity contribution in [2.24, 2.45) is 17.3 Å². The molecule has 0 amide bonds. The van der Waals surface area contributed by atoms with E-state index in [1.165, 1.54) is 11.1 Å². The number of carbonyl (C=O) groups is 1. The molecule has 138 valence electrons. The second-order valence-electron chi connectivity index (χ2n) is 8.75. The number of ketones is 1. The molecule has 1 aromatic carbocycles. The van der Waals surface area contributed by atoms with Gasteiger partial charge in [-0.25, -0.2) is 0 Å². The molecule has 0 aromatic heterocycles. The number of benzene rings is 1. The average Bonchev–Trinajstić information content (AvgIpc) is 2.94. The number of phenols is 1. The van der Waals surface area contributed by atoms with E-state index >= 15 is 0 Å². The van der Waals surface area contributed by atoms with Crippen LogP contribution in [0.5, 0.6) is 5.75 Å². The molecule has 0 bridgehead atoms. The Kier molecular flexibility index (Phi) is 4.33. The van der Waals surface area contributed by atoms with Gasteiger partial charge in [0.15, 0.2) is 0 Å². The summed E-state index contributed by atoms with van der Waals surface area (Å²) in [4.78, 5) is 12.5. The summed E-state index contributed by atoms with van der Waals surface area (Å²) in [6, 6.07) is 2.25. The van der Waals surface area contributed by atoms with Crippen molar-refractivity contribution in [3.8, 4) is 5.75 Å². The topological polar surface area (TPSA) is 37.3 Å². The fourth-order valence-electron chi connectivity index (χ4n) is 6.31. The van der Waals surface area contributed by atoms with E-state index in [1.54, 1.807) is 0 Å². The summed E-state index contributed by atoms with van der Waals surface area (Å²) in [5, 5.41) is 10.8. The number of carbonyl (C=O) groups excluding carboxylic acids is 1. The highest BCUT2D eigenvalue weighted by Gasteiger charge is 2.54. The van der Waals surface area contributed by atoms with Crippen molar-refractivity contribution in [1.29, 1.82) is 0 Å². The van der Waals surface area contributed by atoms with Gasteiger partial charge in [-0.05, 0) is 79.4 Å². The standard InChI is InChI=1S/C24H30O2/c1-4-6-15-14-20-16(19(7-5-2)23(15)26)8-9-18-17(20)12-13-24(3)21(18)10-11-22(24)25/h4-5,14,17-18,21,26H,1-2,6-13H2,3H3/t17-,18+,21-,24-/m0/s1. The van der Waals surface area contributed by atoms with Gasteiger partial charge in [-0.2, -0.15) is 0 Å². The molecule has 1 N–H and O–H groups in total. The van der Waals surface area contributed by atoms with E-state index in [0.717, 1.165) is 56.1 Å². The van der Waals surface area contributed by atoms with Gasteiger partial charge in [-0.15, -0.1) is 13.2 Å². The van der Waals surface area contributed by atoms with Crippen molar-refractivity contribution in [3.05, 3.63) is 53.6 Å². The smallest absolute Gasteiger partial charge is 0.139 e. The molecular weight excluding hydrogens is 320 g/mol. The van der Waals surface area contributed by atoms with Crippen molar-refractivity contribution < 1.29 is 9.90 Å². The first kappa shape index (κ1) is 17.6. The van der Waals surface area contributed by atoms with E-state index in [-0.39, 0.29) is 5.41 Å². The maximum Gasteiger partial charge on any atom is 0.139 e. The third-order valence-corrected chi connectivity index (χ3v) is 7.62. The highest BCUT2D eigenvalue weighted by molar-refractivity contribution is 5.87. The number of aromatic hydroxyl groups is 1. The molecule has 2 fully saturated rings. The van der Waals surface area contributed by atoms with Crippen LogP contribution in [-0.2, 0) is 24.1 Å². The first-order chi connectivity index (χ1) is 12.5. The van der Waals surface area contributed by atoms with Gasteiger partial charge in [-0.1, -0.05) is 25.1 Å². The third kappa shape index (κ3) is 2.41. The van der Waals surface area contributed by atoms with Gasteiger partial charge in [0, 0.05) is 17.4 Å². The van der Waals surface area contributed by atoms with Gasteiger partial charge in [0.25, 0.3) is 0 Å². The van der Waals surface area contributed by atoms with Crippen LogP contribution in [0.25, 0.3) is 0 Å². The molecule has 0 saturated heterocycles. The van der Waals surface area contributed by atoms with Gasteiger partial charge in [0.1, 0.15) is 11.5 Å². The van der Waals surface area contributed by atoms with Gasteiger partial charge >= 0.3 is 0 Å². The van der Waals surface area contributed by atoms with E-state index in [4.69, 9.17) is 0 Å². The van der Waals surface area contributed by atoms with Gasteiger partial charge in [0.05, 0.1) is 0 Å². The molecule has 3 aliphatic carbocycles. The fourth-order valence-corrected chi connectivity index (χ4v) is 6.31. The Balaban J connectivity index is 1.79. The van der Waals surface area contributed by atoms with Crippen LogP contribution in [0.2, 0.25) is 0 Å². The molecule has 0 heterocycles. The molecule has 26 heavy (non-hydrogen) atoms. The van der Waals surface area contributed by atoms with Crippen molar-refractivity contribution in [1.82, 2.24) is 0 Å². The lowest BCUT2D eigenvalue weighted by atomic mass is 9.55. The Labute approximate surface area is 157 Å². The van der Waals surface area contributed by atoms with Crippen LogP contribution in [0.4, 0.5) is 0 Å². The molecule has 0 radical (unpaired) electrons. The molecule has 2 heteroatoms. The molecule has 4 rings (SSSR count). The summed E-state index contributed by atoms with van der Waals surface area (Å²) >= 11 is 0. The van der Waals surface area contributed by atoms with Crippen molar-refractivity contribution in [2.45, 2.75) is 64.2 Å². The molecule has 3 aliphatic rings. The number of fused-ring (bicyclic) bond motifs is 5. The van der Waals surface area contributed by atoms with Crippen LogP contribution in [0.15, 0.2) is 31.4 Å². The van der Waals surface area contributed by atoms with Crippen molar-refractivity contribution in [2.75, 3.05) is 0 Å². The fraction of sp³-hybridized carbons (Fsp3) is 0.542. The molecule has 1 aromatic rings.